The van der Waals surface area contributed by atoms with Crippen molar-refractivity contribution >= 4 is 5.69 Å². The first kappa shape index (κ1) is 12.9. The average Bonchev–Trinajstić information content (AvgIpc) is 2.31. The van der Waals surface area contributed by atoms with Gasteiger partial charge in [-0.15, -0.1) is 0 Å². The molecule has 1 aliphatic rings. The Labute approximate surface area is 105 Å². The van der Waals surface area contributed by atoms with Gasteiger partial charge in [-0.2, -0.15) is 0 Å². The number of rotatable bonds is 3. The van der Waals surface area contributed by atoms with Crippen LogP contribution in [0.1, 0.15) is 25.7 Å². The summed E-state index contributed by atoms with van der Waals surface area (Å²) in [7, 11) is 1.54. The Kier molecular flexibility index (Phi) is 3.59. The molecule has 2 rings (SSSR count). The lowest BCUT2D eigenvalue weighted by Crippen LogP contribution is -2.30. The molecule has 0 aliphatic heterocycles. The molecule has 100 valence electrons. The normalized spacial score (nSPS) is 19.5. The van der Waals surface area contributed by atoms with Crippen LogP contribution in [-0.4, -0.2) is 19.1 Å². The predicted octanol–water partition coefficient (Wildman–Crippen LogP) is 3.23. The SMILES string of the molecule is COc1cc(N)cc(OC2CCC(F)(F)CC2)c1. The molecule has 0 saturated heterocycles. The molecule has 3 nitrogen and oxygen atoms in total. The number of hydrogen-bond donors (Lipinski definition) is 1. The van der Waals surface area contributed by atoms with Crippen molar-refractivity contribution in [3.63, 3.8) is 0 Å². The number of anilines is 1. The largest absolute Gasteiger partial charge is 0.497 e. The maximum absolute atomic E-state index is 13.0. The van der Waals surface area contributed by atoms with Crippen LogP contribution in [0.5, 0.6) is 11.5 Å². The van der Waals surface area contributed by atoms with Crippen molar-refractivity contribution in [1.29, 1.82) is 0 Å². The summed E-state index contributed by atoms with van der Waals surface area (Å²) >= 11 is 0. The highest BCUT2D eigenvalue weighted by Crippen LogP contribution is 2.35. The summed E-state index contributed by atoms with van der Waals surface area (Å²) in [6, 6.07) is 5.07. The van der Waals surface area contributed by atoms with Crippen molar-refractivity contribution in [3.8, 4) is 11.5 Å². The summed E-state index contributed by atoms with van der Waals surface area (Å²) in [6.07, 6.45) is 0.332. The quantitative estimate of drug-likeness (QED) is 0.845. The van der Waals surface area contributed by atoms with Gasteiger partial charge in [0.25, 0.3) is 0 Å². The van der Waals surface area contributed by atoms with E-state index in [1.807, 2.05) is 0 Å². The molecule has 1 fully saturated rings. The smallest absolute Gasteiger partial charge is 0.248 e. The van der Waals surface area contributed by atoms with Gasteiger partial charge in [-0.1, -0.05) is 0 Å². The first-order valence-electron chi connectivity index (χ1n) is 5.97. The van der Waals surface area contributed by atoms with Gasteiger partial charge in [0, 0.05) is 36.7 Å². The Bertz CT molecular complexity index is 413. The van der Waals surface area contributed by atoms with E-state index in [4.69, 9.17) is 15.2 Å². The first-order valence-corrected chi connectivity index (χ1v) is 5.97. The fourth-order valence-electron chi connectivity index (χ4n) is 2.10. The monoisotopic (exact) mass is 257 g/mol. The molecule has 0 unspecified atom stereocenters. The molecule has 0 aromatic heterocycles. The van der Waals surface area contributed by atoms with Crippen LogP contribution in [0.15, 0.2) is 18.2 Å². The second-order valence-electron chi connectivity index (χ2n) is 4.62. The van der Waals surface area contributed by atoms with Gasteiger partial charge in [0.05, 0.1) is 13.2 Å². The van der Waals surface area contributed by atoms with Crippen molar-refractivity contribution in [1.82, 2.24) is 0 Å². The maximum Gasteiger partial charge on any atom is 0.248 e. The Morgan fingerprint density at radius 1 is 1.17 bits per heavy atom. The van der Waals surface area contributed by atoms with Gasteiger partial charge in [-0.25, -0.2) is 8.78 Å². The summed E-state index contributed by atoms with van der Waals surface area (Å²) < 4.78 is 36.8. The Morgan fingerprint density at radius 2 is 1.78 bits per heavy atom. The average molecular weight is 257 g/mol. The second-order valence-corrected chi connectivity index (χ2v) is 4.62. The maximum atomic E-state index is 13.0. The van der Waals surface area contributed by atoms with Crippen LogP contribution < -0.4 is 15.2 Å². The lowest BCUT2D eigenvalue weighted by atomic mass is 9.94. The zero-order chi connectivity index (χ0) is 13.2. The molecule has 1 aromatic carbocycles. The highest BCUT2D eigenvalue weighted by Gasteiger charge is 2.35. The summed E-state index contributed by atoms with van der Waals surface area (Å²) in [6.45, 7) is 0. The predicted molar refractivity (Wildman–Crippen MR) is 65.2 cm³/mol. The topological polar surface area (TPSA) is 44.5 Å². The molecule has 0 heterocycles. The third-order valence-corrected chi connectivity index (χ3v) is 3.10. The van der Waals surface area contributed by atoms with Gasteiger partial charge in [0.1, 0.15) is 11.5 Å². The van der Waals surface area contributed by atoms with Crippen LogP contribution in [0.3, 0.4) is 0 Å². The minimum atomic E-state index is -2.53. The van der Waals surface area contributed by atoms with Gasteiger partial charge >= 0.3 is 0 Å². The molecule has 0 bridgehead atoms. The highest BCUT2D eigenvalue weighted by molar-refractivity contribution is 5.50. The Hall–Kier alpha value is -1.52. The number of nitrogens with two attached hydrogens (primary N) is 1. The number of nitrogen functional groups attached to an aromatic ring is 1. The third kappa shape index (κ3) is 3.24. The minimum Gasteiger partial charge on any atom is -0.497 e. The van der Waals surface area contributed by atoms with E-state index in [-0.39, 0.29) is 18.9 Å². The standard InChI is InChI=1S/C13H17F2NO2/c1-17-11-6-9(16)7-12(8-11)18-10-2-4-13(14,15)5-3-10/h6-8,10H,2-5,16H2,1H3. The van der Waals surface area contributed by atoms with E-state index in [2.05, 4.69) is 0 Å². The van der Waals surface area contributed by atoms with Crippen LogP contribution in [0.25, 0.3) is 0 Å². The van der Waals surface area contributed by atoms with Crippen LogP contribution in [0.4, 0.5) is 14.5 Å². The number of hydrogen-bond acceptors (Lipinski definition) is 3. The van der Waals surface area contributed by atoms with E-state index in [0.717, 1.165) is 0 Å². The van der Waals surface area contributed by atoms with Crippen molar-refractivity contribution in [3.05, 3.63) is 18.2 Å². The van der Waals surface area contributed by atoms with Gasteiger partial charge in [0.2, 0.25) is 5.92 Å². The molecule has 1 saturated carbocycles. The van der Waals surface area contributed by atoms with Gasteiger partial charge < -0.3 is 15.2 Å². The van der Waals surface area contributed by atoms with Crippen LogP contribution in [0.2, 0.25) is 0 Å². The molecule has 1 aromatic rings. The lowest BCUT2D eigenvalue weighted by molar-refractivity contribution is -0.0582. The van der Waals surface area contributed by atoms with Crippen molar-refractivity contribution in [2.75, 3.05) is 12.8 Å². The van der Waals surface area contributed by atoms with E-state index >= 15 is 0 Å². The summed E-state index contributed by atoms with van der Waals surface area (Å²) in [5.74, 6) is -1.36. The first-order chi connectivity index (χ1) is 8.48. The molecule has 0 radical (unpaired) electrons. The molecule has 5 heteroatoms. The summed E-state index contributed by atoms with van der Waals surface area (Å²) in [5, 5.41) is 0. The molecular formula is C13H17F2NO2. The van der Waals surface area contributed by atoms with Gasteiger partial charge in [0.15, 0.2) is 0 Å². The van der Waals surface area contributed by atoms with Gasteiger partial charge in [-0.05, 0) is 12.8 Å². The number of alkyl halides is 2. The zero-order valence-corrected chi connectivity index (χ0v) is 10.3. The van der Waals surface area contributed by atoms with Gasteiger partial charge in [-0.3, -0.25) is 0 Å². The minimum absolute atomic E-state index is 0.114. The van der Waals surface area contributed by atoms with Crippen LogP contribution in [-0.2, 0) is 0 Å². The fraction of sp³-hybridized carbons (Fsp3) is 0.538. The number of halogens is 2. The zero-order valence-electron chi connectivity index (χ0n) is 10.3. The highest BCUT2D eigenvalue weighted by atomic mass is 19.3. The van der Waals surface area contributed by atoms with E-state index in [0.29, 0.717) is 30.0 Å². The van der Waals surface area contributed by atoms with Crippen LogP contribution >= 0.6 is 0 Å². The Morgan fingerprint density at radius 3 is 2.39 bits per heavy atom. The summed E-state index contributed by atoms with van der Waals surface area (Å²) in [4.78, 5) is 0. The van der Waals surface area contributed by atoms with Crippen molar-refractivity contribution < 1.29 is 18.3 Å². The molecule has 1 aliphatic carbocycles. The van der Waals surface area contributed by atoms with Crippen LogP contribution in [0, 0.1) is 0 Å². The fourth-order valence-corrected chi connectivity index (χ4v) is 2.10. The van der Waals surface area contributed by atoms with Crippen molar-refractivity contribution in [2.24, 2.45) is 0 Å². The molecule has 0 atom stereocenters. The molecular weight excluding hydrogens is 240 g/mol. The third-order valence-electron chi connectivity index (χ3n) is 3.10. The summed E-state index contributed by atoms with van der Waals surface area (Å²) in [5.41, 5.74) is 6.24. The van der Waals surface area contributed by atoms with E-state index in [1.165, 1.54) is 0 Å². The lowest BCUT2D eigenvalue weighted by Gasteiger charge is -2.28. The molecule has 2 N–H and O–H groups in total. The van der Waals surface area contributed by atoms with E-state index in [1.54, 1.807) is 25.3 Å². The van der Waals surface area contributed by atoms with Crippen molar-refractivity contribution in [2.45, 2.75) is 37.7 Å². The second kappa shape index (κ2) is 5.00. The Balaban J connectivity index is 2.00. The molecule has 0 spiro atoms. The van der Waals surface area contributed by atoms with E-state index < -0.39 is 5.92 Å². The number of benzene rings is 1. The molecule has 0 amide bonds. The van der Waals surface area contributed by atoms with E-state index in [9.17, 15) is 8.78 Å². The number of methoxy groups -OCH3 is 1. The number of ether oxygens (including phenoxy) is 2. The molecule has 18 heavy (non-hydrogen) atoms.